The fourth-order valence-corrected chi connectivity index (χ4v) is 3.89. The molecule has 4 rings (SSSR count). The Balaban J connectivity index is 1.87. The highest BCUT2D eigenvalue weighted by Crippen LogP contribution is 2.52. The summed E-state index contributed by atoms with van der Waals surface area (Å²) < 4.78 is 5.93. The lowest BCUT2D eigenvalue weighted by Crippen LogP contribution is -2.58. The van der Waals surface area contributed by atoms with E-state index in [1.54, 1.807) is 0 Å². The molecule has 2 aromatic carbocycles. The van der Waals surface area contributed by atoms with Crippen LogP contribution in [0.5, 0.6) is 0 Å². The van der Waals surface area contributed by atoms with Gasteiger partial charge < -0.3 is 10.1 Å². The molecule has 0 spiro atoms. The second-order valence-electron chi connectivity index (χ2n) is 6.61. The molecule has 2 heterocycles. The summed E-state index contributed by atoms with van der Waals surface area (Å²) in [7, 11) is 0. The van der Waals surface area contributed by atoms with Gasteiger partial charge in [0.25, 0.3) is 0 Å². The number of carbonyl (C=O) groups is 1. The van der Waals surface area contributed by atoms with Gasteiger partial charge in [0.15, 0.2) is 5.60 Å². The standard InChI is InChI=1S/C20H19NO2/c1-14(15-8-4-3-5-9-15)20-12-16-10-6-7-11-17(16)21-19(20,2)13-18(22)23-20/h3-11,21H,1,12-13H2,2H3/t19-,20+/m1/s1. The molecule has 3 nitrogen and oxygen atoms in total. The number of carbonyl (C=O) groups excluding carboxylic acids is 1. The molecule has 0 radical (unpaired) electrons. The van der Waals surface area contributed by atoms with Crippen LogP contribution in [0.25, 0.3) is 5.57 Å². The van der Waals surface area contributed by atoms with Gasteiger partial charge in [0.2, 0.25) is 0 Å². The van der Waals surface area contributed by atoms with Crippen LogP contribution >= 0.6 is 0 Å². The molecule has 2 aromatic rings. The van der Waals surface area contributed by atoms with Crippen molar-refractivity contribution in [2.24, 2.45) is 0 Å². The van der Waals surface area contributed by atoms with Crippen molar-refractivity contribution in [3.8, 4) is 0 Å². The van der Waals surface area contributed by atoms with Crippen molar-refractivity contribution in [2.45, 2.75) is 30.9 Å². The molecular formula is C20H19NO2. The lowest BCUT2D eigenvalue weighted by molar-refractivity contribution is -0.145. The van der Waals surface area contributed by atoms with E-state index in [0.29, 0.717) is 12.8 Å². The summed E-state index contributed by atoms with van der Waals surface area (Å²) in [4.78, 5) is 12.2. The molecule has 3 heteroatoms. The van der Waals surface area contributed by atoms with Gasteiger partial charge in [-0.25, -0.2) is 0 Å². The second kappa shape index (κ2) is 4.72. The topological polar surface area (TPSA) is 38.3 Å². The number of ether oxygens (including phenoxy) is 1. The van der Waals surface area contributed by atoms with Gasteiger partial charge in [-0.3, -0.25) is 4.79 Å². The fourth-order valence-electron chi connectivity index (χ4n) is 3.89. The van der Waals surface area contributed by atoms with E-state index in [-0.39, 0.29) is 5.97 Å². The summed E-state index contributed by atoms with van der Waals surface area (Å²) in [6.07, 6.45) is 0.985. The van der Waals surface area contributed by atoms with E-state index in [0.717, 1.165) is 22.4 Å². The van der Waals surface area contributed by atoms with Crippen molar-refractivity contribution < 1.29 is 9.53 Å². The van der Waals surface area contributed by atoms with E-state index in [1.165, 1.54) is 0 Å². The maximum Gasteiger partial charge on any atom is 0.309 e. The van der Waals surface area contributed by atoms with Crippen molar-refractivity contribution in [3.05, 3.63) is 72.3 Å². The quantitative estimate of drug-likeness (QED) is 0.857. The average molecular weight is 305 g/mol. The van der Waals surface area contributed by atoms with Crippen LogP contribution in [-0.2, 0) is 16.0 Å². The first-order valence-electron chi connectivity index (χ1n) is 7.87. The first-order chi connectivity index (χ1) is 11.0. The molecule has 0 saturated carbocycles. The minimum absolute atomic E-state index is 0.176. The summed E-state index contributed by atoms with van der Waals surface area (Å²) in [5.41, 5.74) is 2.84. The van der Waals surface area contributed by atoms with Crippen LogP contribution in [0, 0.1) is 0 Å². The van der Waals surface area contributed by atoms with E-state index in [2.05, 4.69) is 31.0 Å². The first kappa shape index (κ1) is 14.1. The number of benzene rings is 2. The SMILES string of the molecule is C=C(c1ccccc1)[C@@]12Cc3ccccc3N[C@]1(C)CC(=O)O2. The molecule has 1 fully saturated rings. The number of hydrogen-bond acceptors (Lipinski definition) is 3. The van der Waals surface area contributed by atoms with Gasteiger partial charge >= 0.3 is 5.97 Å². The molecule has 0 unspecified atom stereocenters. The molecule has 0 bridgehead atoms. The van der Waals surface area contributed by atoms with Crippen LogP contribution in [0.1, 0.15) is 24.5 Å². The van der Waals surface area contributed by atoms with Gasteiger partial charge in [0.05, 0.1) is 12.0 Å². The number of fused-ring (bicyclic) bond motifs is 2. The number of esters is 1. The molecule has 1 N–H and O–H groups in total. The van der Waals surface area contributed by atoms with Crippen molar-refractivity contribution in [3.63, 3.8) is 0 Å². The van der Waals surface area contributed by atoms with Crippen LogP contribution < -0.4 is 5.32 Å². The summed E-state index contributed by atoms with van der Waals surface area (Å²) in [5, 5.41) is 3.55. The van der Waals surface area contributed by atoms with E-state index < -0.39 is 11.1 Å². The molecule has 1 saturated heterocycles. The second-order valence-corrected chi connectivity index (χ2v) is 6.61. The molecule has 23 heavy (non-hydrogen) atoms. The van der Waals surface area contributed by atoms with Gasteiger partial charge in [-0.2, -0.15) is 0 Å². The third-order valence-electron chi connectivity index (χ3n) is 5.15. The summed E-state index contributed by atoms with van der Waals surface area (Å²) in [6.45, 7) is 6.37. The van der Waals surface area contributed by atoms with Gasteiger partial charge in [0.1, 0.15) is 0 Å². The van der Waals surface area contributed by atoms with Crippen molar-refractivity contribution in [1.82, 2.24) is 0 Å². The summed E-state index contributed by atoms with van der Waals surface area (Å²) in [5.74, 6) is -0.176. The predicted octanol–water partition coefficient (Wildman–Crippen LogP) is 3.81. The van der Waals surface area contributed by atoms with Gasteiger partial charge in [-0.1, -0.05) is 55.1 Å². The Bertz CT molecular complexity index is 798. The minimum Gasteiger partial charge on any atom is -0.451 e. The molecule has 0 aromatic heterocycles. The maximum absolute atomic E-state index is 12.2. The largest absolute Gasteiger partial charge is 0.451 e. The van der Waals surface area contributed by atoms with E-state index >= 15 is 0 Å². The van der Waals surface area contributed by atoms with Crippen molar-refractivity contribution in [2.75, 3.05) is 5.32 Å². The Kier molecular flexibility index (Phi) is 2.89. The highest BCUT2D eigenvalue weighted by Gasteiger charge is 2.61. The lowest BCUT2D eigenvalue weighted by atomic mass is 9.68. The molecule has 0 aliphatic carbocycles. The van der Waals surface area contributed by atoms with Gasteiger partial charge in [-0.15, -0.1) is 0 Å². The van der Waals surface area contributed by atoms with Crippen LogP contribution in [0.4, 0.5) is 5.69 Å². The summed E-state index contributed by atoms with van der Waals surface area (Å²) in [6, 6.07) is 18.1. The zero-order valence-corrected chi connectivity index (χ0v) is 13.1. The van der Waals surface area contributed by atoms with Gasteiger partial charge in [-0.05, 0) is 29.7 Å². The average Bonchev–Trinajstić information content (AvgIpc) is 2.82. The minimum atomic E-state index is -0.750. The predicted molar refractivity (Wildman–Crippen MR) is 91.1 cm³/mol. The van der Waals surface area contributed by atoms with Crippen LogP contribution in [0.2, 0.25) is 0 Å². The zero-order chi connectivity index (χ0) is 16.1. The molecule has 2 aliphatic rings. The molecule has 2 aliphatic heterocycles. The Hall–Kier alpha value is -2.55. The number of para-hydroxylation sites is 1. The molecule has 116 valence electrons. The Labute approximate surface area is 136 Å². The first-order valence-corrected chi connectivity index (χ1v) is 7.87. The molecule has 0 amide bonds. The Morgan fingerprint density at radius 1 is 1.09 bits per heavy atom. The number of nitrogens with one attached hydrogen (secondary N) is 1. The Morgan fingerprint density at radius 3 is 2.57 bits per heavy atom. The van der Waals surface area contributed by atoms with Crippen LogP contribution in [-0.4, -0.2) is 17.1 Å². The van der Waals surface area contributed by atoms with E-state index in [1.807, 2.05) is 42.5 Å². The van der Waals surface area contributed by atoms with E-state index in [4.69, 9.17) is 4.74 Å². The monoisotopic (exact) mass is 305 g/mol. The maximum atomic E-state index is 12.2. The highest BCUT2D eigenvalue weighted by molar-refractivity contribution is 5.86. The van der Waals surface area contributed by atoms with Crippen LogP contribution in [0.15, 0.2) is 61.2 Å². The zero-order valence-electron chi connectivity index (χ0n) is 13.1. The normalized spacial score (nSPS) is 28.3. The smallest absolute Gasteiger partial charge is 0.309 e. The van der Waals surface area contributed by atoms with Crippen LogP contribution in [0.3, 0.4) is 0 Å². The molecular weight excluding hydrogens is 286 g/mol. The Morgan fingerprint density at radius 2 is 1.78 bits per heavy atom. The van der Waals surface area contributed by atoms with Crippen molar-refractivity contribution >= 4 is 17.2 Å². The third-order valence-corrected chi connectivity index (χ3v) is 5.15. The fraction of sp³-hybridized carbons (Fsp3) is 0.250. The number of rotatable bonds is 2. The summed E-state index contributed by atoms with van der Waals surface area (Å²) >= 11 is 0. The van der Waals surface area contributed by atoms with E-state index in [9.17, 15) is 4.79 Å². The highest BCUT2D eigenvalue weighted by atomic mass is 16.6. The van der Waals surface area contributed by atoms with Gasteiger partial charge in [0, 0.05) is 12.1 Å². The van der Waals surface area contributed by atoms with Crippen molar-refractivity contribution in [1.29, 1.82) is 0 Å². The number of hydrogen-bond donors (Lipinski definition) is 1. The molecule has 2 atom stereocenters. The lowest BCUT2D eigenvalue weighted by Gasteiger charge is -2.47. The number of anilines is 1. The third kappa shape index (κ3) is 1.93.